The van der Waals surface area contributed by atoms with Crippen LogP contribution in [-0.4, -0.2) is 39.8 Å². The molecule has 0 spiro atoms. The number of hydrogen-bond acceptors (Lipinski definition) is 3. The molecule has 1 N–H and O–H groups in total. The summed E-state index contributed by atoms with van der Waals surface area (Å²) in [6, 6.07) is 19.0. The van der Waals surface area contributed by atoms with Crippen LogP contribution in [-0.2, 0) is 19.9 Å². The van der Waals surface area contributed by atoms with Gasteiger partial charge in [0.15, 0.2) is 0 Å². The van der Waals surface area contributed by atoms with Crippen molar-refractivity contribution in [2.75, 3.05) is 27.7 Å². The van der Waals surface area contributed by atoms with Crippen LogP contribution in [0.3, 0.4) is 0 Å². The second-order valence-corrected chi connectivity index (χ2v) is 6.24. The third-order valence-corrected chi connectivity index (χ3v) is 3.96. The third kappa shape index (κ3) is 3.83. The van der Waals surface area contributed by atoms with E-state index in [2.05, 4.69) is 0 Å². The molecular weight excluding hydrogens is 302 g/mol. The van der Waals surface area contributed by atoms with E-state index in [1.54, 1.807) is 7.11 Å². The quantitative estimate of drug-likeness (QED) is 0.786. The highest BCUT2D eigenvalue weighted by Crippen LogP contribution is 2.34. The van der Waals surface area contributed by atoms with Crippen LogP contribution >= 0.6 is 0 Å². The van der Waals surface area contributed by atoms with Crippen molar-refractivity contribution in [2.24, 2.45) is 0 Å². The molecule has 128 valence electrons. The lowest BCUT2D eigenvalue weighted by Gasteiger charge is -2.32. The Hall–Kier alpha value is -2.17. The van der Waals surface area contributed by atoms with Crippen LogP contribution in [0.5, 0.6) is 0 Å². The highest BCUT2D eigenvalue weighted by Gasteiger charge is 2.44. The summed E-state index contributed by atoms with van der Waals surface area (Å²) in [5.41, 5.74) is 0.250. The molecule has 4 nitrogen and oxygen atoms in total. The lowest BCUT2D eigenvalue weighted by Crippen LogP contribution is -3.07. The fourth-order valence-electron chi connectivity index (χ4n) is 2.95. The number of ether oxygens (including phenoxy) is 2. The SMILES string of the molecule is COC(C(=O)O[C@H](C)C[NH+](C)C)(c1ccccc1)c1ccccc1. The molecule has 0 unspecified atom stereocenters. The molecule has 2 aromatic carbocycles. The van der Waals surface area contributed by atoms with E-state index >= 15 is 0 Å². The van der Waals surface area contributed by atoms with Gasteiger partial charge in [-0.3, -0.25) is 0 Å². The standard InChI is InChI=1S/C20H25NO3/c1-16(15-21(2)3)24-19(22)20(23-4,17-11-7-5-8-12-17)18-13-9-6-10-14-18/h5-14,16H,15H2,1-4H3/p+1/t16-/m1/s1. The molecule has 1 atom stereocenters. The third-order valence-electron chi connectivity index (χ3n) is 3.96. The van der Waals surface area contributed by atoms with Gasteiger partial charge in [-0.15, -0.1) is 0 Å². The van der Waals surface area contributed by atoms with Crippen molar-refractivity contribution in [1.82, 2.24) is 0 Å². The number of benzene rings is 2. The number of carbonyl (C=O) groups excluding carboxylic acids is 1. The predicted molar refractivity (Wildman–Crippen MR) is 93.9 cm³/mol. The summed E-state index contributed by atoms with van der Waals surface area (Å²) in [6.45, 7) is 2.64. The Labute approximate surface area is 144 Å². The van der Waals surface area contributed by atoms with Gasteiger partial charge in [0.2, 0.25) is 5.60 Å². The van der Waals surface area contributed by atoms with E-state index in [9.17, 15) is 4.79 Å². The van der Waals surface area contributed by atoms with Gasteiger partial charge in [-0.2, -0.15) is 0 Å². The Bertz CT molecular complexity index is 601. The van der Waals surface area contributed by atoms with Gasteiger partial charge in [0.1, 0.15) is 12.6 Å². The molecule has 0 saturated carbocycles. The van der Waals surface area contributed by atoms with Crippen LogP contribution in [0.25, 0.3) is 0 Å². The van der Waals surface area contributed by atoms with Crippen molar-refractivity contribution in [3.8, 4) is 0 Å². The van der Waals surface area contributed by atoms with Crippen molar-refractivity contribution in [1.29, 1.82) is 0 Å². The van der Waals surface area contributed by atoms with E-state index in [1.807, 2.05) is 81.7 Å². The molecular formula is C20H26NO3+. The molecule has 4 heteroatoms. The number of likely N-dealkylation sites (N-methyl/N-ethyl adjacent to an activating group) is 1. The number of esters is 1. The van der Waals surface area contributed by atoms with Gasteiger partial charge in [0.05, 0.1) is 14.1 Å². The number of quaternary nitrogens is 1. The second kappa shape index (κ2) is 8.08. The number of hydrogen-bond donors (Lipinski definition) is 1. The van der Waals surface area contributed by atoms with E-state index in [1.165, 1.54) is 4.90 Å². The lowest BCUT2D eigenvalue weighted by molar-refractivity contribution is -0.861. The van der Waals surface area contributed by atoms with Crippen LogP contribution in [0.1, 0.15) is 18.1 Å². The first-order valence-corrected chi connectivity index (χ1v) is 8.17. The van der Waals surface area contributed by atoms with Crippen molar-refractivity contribution < 1.29 is 19.2 Å². The number of rotatable bonds is 7. The fraction of sp³-hybridized carbons (Fsp3) is 0.350. The van der Waals surface area contributed by atoms with Crippen molar-refractivity contribution in [2.45, 2.75) is 18.6 Å². The fourth-order valence-corrected chi connectivity index (χ4v) is 2.95. The van der Waals surface area contributed by atoms with E-state index < -0.39 is 11.6 Å². The van der Waals surface area contributed by atoms with Crippen LogP contribution < -0.4 is 4.90 Å². The van der Waals surface area contributed by atoms with Crippen molar-refractivity contribution >= 4 is 5.97 Å². The molecule has 0 aliphatic carbocycles. The number of methoxy groups -OCH3 is 1. The summed E-state index contributed by atoms with van der Waals surface area (Å²) in [6.07, 6.45) is -0.204. The molecule has 2 aromatic rings. The minimum Gasteiger partial charge on any atom is -0.454 e. The Morgan fingerprint density at radius 3 is 1.83 bits per heavy atom. The monoisotopic (exact) mass is 328 g/mol. The second-order valence-electron chi connectivity index (χ2n) is 6.24. The van der Waals surface area contributed by atoms with Crippen LogP contribution in [0.15, 0.2) is 60.7 Å². The molecule has 0 saturated heterocycles. The van der Waals surface area contributed by atoms with Gasteiger partial charge in [-0.05, 0) is 18.1 Å². The van der Waals surface area contributed by atoms with Crippen molar-refractivity contribution in [3.05, 3.63) is 71.8 Å². The number of carbonyl (C=O) groups is 1. The summed E-state index contributed by atoms with van der Waals surface area (Å²) in [4.78, 5) is 14.4. The molecule has 0 aliphatic heterocycles. The first-order valence-electron chi connectivity index (χ1n) is 8.17. The average Bonchev–Trinajstić information content (AvgIpc) is 2.57. The average molecular weight is 328 g/mol. The molecule has 0 bridgehead atoms. The van der Waals surface area contributed by atoms with E-state index in [0.29, 0.717) is 0 Å². The Balaban J connectivity index is 2.45. The zero-order valence-corrected chi connectivity index (χ0v) is 14.8. The topological polar surface area (TPSA) is 40.0 Å². The van der Waals surface area contributed by atoms with E-state index in [0.717, 1.165) is 17.7 Å². The van der Waals surface area contributed by atoms with Gasteiger partial charge in [-0.25, -0.2) is 4.79 Å². The molecule has 2 rings (SSSR count). The Morgan fingerprint density at radius 2 is 1.46 bits per heavy atom. The number of nitrogens with one attached hydrogen (secondary N) is 1. The normalized spacial score (nSPS) is 12.9. The molecule has 24 heavy (non-hydrogen) atoms. The minimum absolute atomic E-state index is 0.204. The van der Waals surface area contributed by atoms with Crippen molar-refractivity contribution in [3.63, 3.8) is 0 Å². The van der Waals surface area contributed by atoms with Gasteiger partial charge in [0, 0.05) is 7.11 Å². The maximum Gasteiger partial charge on any atom is 0.348 e. The zero-order valence-electron chi connectivity index (χ0n) is 14.8. The highest BCUT2D eigenvalue weighted by molar-refractivity contribution is 5.86. The highest BCUT2D eigenvalue weighted by atomic mass is 16.6. The maximum atomic E-state index is 13.1. The van der Waals surface area contributed by atoms with Gasteiger partial charge >= 0.3 is 5.97 Å². The lowest BCUT2D eigenvalue weighted by atomic mass is 9.86. The molecule has 0 heterocycles. The van der Waals surface area contributed by atoms with E-state index in [-0.39, 0.29) is 6.10 Å². The maximum absolute atomic E-state index is 13.1. The first-order chi connectivity index (χ1) is 11.5. The van der Waals surface area contributed by atoms with Gasteiger partial charge in [-0.1, -0.05) is 60.7 Å². The Morgan fingerprint density at radius 1 is 1.00 bits per heavy atom. The molecule has 0 radical (unpaired) electrons. The van der Waals surface area contributed by atoms with Crippen LogP contribution in [0.4, 0.5) is 0 Å². The predicted octanol–water partition coefficient (Wildman–Crippen LogP) is 1.65. The smallest absolute Gasteiger partial charge is 0.348 e. The van der Waals surface area contributed by atoms with Gasteiger partial charge in [0.25, 0.3) is 0 Å². The van der Waals surface area contributed by atoms with E-state index in [4.69, 9.17) is 9.47 Å². The Kier molecular flexibility index (Phi) is 6.12. The largest absolute Gasteiger partial charge is 0.454 e. The molecule has 0 fully saturated rings. The summed E-state index contributed by atoms with van der Waals surface area (Å²) >= 11 is 0. The molecule has 0 aromatic heterocycles. The van der Waals surface area contributed by atoms with Crippen LogP contribution in [0.2, 0.25) is 0 Å². The van der Waals surface area contributed by atoms with Gasteiger partial charge < -0.3 is 14.4 Å². The summed E-state index contributed by atoms with van der Waals surface area (Å²) < 4.78 is 11.5. The first kappa shape index (κ1) is 18.2. The van der Waals surface area contributed by atoms with Crippen LogP contribution in [0, 0.1) is 0 Å². The summed E-state index contributed by atoms with van der Waals surface area (Å²) in [5.74, 6) is -0.392. The molecule has 0 amide bonds. The molecule has 0 aliphatic rings. The summed E-state index contributed by atoms with van der Waals surface area (Å²) in [7, 11) is 5.60. The summed E-state index contributed by atoms with van der Waals surface area (Å²) in [5, 5.41) is 0. The minimum atomic E-state index is -1.27. The zero-order chi connectivity index (χ0) is 17.6.